The maximum atomic E-state index is 12.2. The number of anilines is 1. The van der Waals surface area contributed by atoms with E-state index in [9.17, 15) is 20.1 Å². The van der Waals surface area contributed by atoms with Crippen molar-refractivity contribution >= 4 is 33.6 Å². The molecule has 2 unspecified atom stereocenters. The summed E-state index contributed by atoms with van der Waals surface area (Å²) in [4.78, 5) is 17.3. The Hall–Kier alpha value is -0.140. The molecule has 2 aromatic rings. The zero-order chi connectivity index (χ0) is 17.3. The fourth-order valence-corrected chi connectivity index (χ4v) is 3.86. The number of hydrogen-bond acceptors (Lipinski definition) is 10. The van der Waals surface area contributed by atoms with Crippen LogP contribution in [0.3, 0.4) is 0 Å². The monoisotopic (exact) mass is 412 g/mol. The van der Waals surface area contributed by atoms with Crippen LogP contribution in [0, 0.1) is 37.7 Å². The Balaban J connectivity index is 0.00000225. The van der Waals surface area contributed by atoms with Crippen molar-refractivity contribution in [2.24, 2.45) is 0 Å². The van der Waals surface area contributed by atoms with Crippen LogP contribution < -0.4 is 5.32 Å². The zero-order valence-corrected chi connectivity index (χ0v) is 15.0. The van der Waals surface area contributed by atoms with Gasteiger partial charge in [-0.05, 0) is 11.4 Å². The Morgan fingerprint density at radius 3 is 2.64 bits per heavy atom. The minimum atomic E-state index is -1.47. The van der Waals surface area contributed by atoms with Crippen LogP contribution in [0.2, 0.25) is 0 Å². The number of aliphatic hydroxyl groups is 4. The van der Waals surface area contributed by atoms with Gasteiger partial charge in [-0.3, -0.25) is 4.79 Å². The number of thiazole rings is 1. The molecule has 25 heavy (non-hydrogen) atoms. The van der Waals surface area contributed by atoms with Crippen LogP contribution in [-0.2, 0) is 4.74 Å². The molecule has 3 heterocycles. The van der Waals surface area contributed by atoms with Crippen LogP contribution in [0.4, 0.5) is 5.13 Å². The molecular weight excluding hydrogens is 396 g/mol. The maximum absolute atomic E-state index is 12.2. The molecule has 0 amide bonds. The third kappa shape index (κ3) is 4.59. The first-order valence-corrected chi connectivity index (χ1v) is 8.82. The van der Waals surface area contributed by atoms with Gasteiger partial charge in [0.25, 0.3) is 0 Å². The first-order chi connectivity index (χ1) is 11.5. The van der Waals surface area contributed by atoms with Gasteiger partial charge in [0.2, 0.25) is 5.78 Å². The molecule has 2 aromatic heterocycles. The number of aliphatic hydroxyl groups excluding tert-OH is 4. The third-order valence-electron chi connectivity index (χ3n) is 3.63. The average molecular weight is 412 g/mol. The topological polar surface area (TPSA) is 132 Å². The van der Waals surface area contributed by atoms with E-state index < -0.39 is 37.3 Å². The van der Waals surface area contributed by atoms with Gasteiger partial charge in [0.15, 0.2) is 11.4 Å². The van der Waals surface area contributed by atoms with E-state index in [1.54, 1.807) is 17.5 Å². The van der Waals surface area contributed by atoms with Gasteiger partial charge in [-0.1, -0.05) is 17.4 Å². The summed E-state index contributed by atoms with van der Waals surface area (Å²) >= 11 is 2.41. The van der Waals surface area contributed by atoms with Crippen LogP contribution in [0.25, 0.3) is 0 Å². The third-order valence-corrected chi connectivity index (χ3v) is 5.43. The van der Waals surface area contributed by atoms with Gasteiger partial charge in [-0.2, -0.15) is 0 Å². The second kappa shape index (κ2) is 9.18. The van der Waals surface area contributed by atoms with Gasteiger partial charge < -0.3 is 30.5 Å². The minimum absolute atomic E-state index is 0. The van der Waals surface area contributed by atoms with E-state index in [2.05, 4.69) is 10.3 Å². The predicted molar refractivity (Wildman–Crippen MR) is 87.3 cm³/mol. The first-order valence-electron chi connectivity index (χ1n) is 7.12. The van der Waals surface area contributed by atoms with Crippen LogP contribution in [0.15, 0.2) is 23.7 Å². The Labute approximate surface area is 181 Å². The van der Waals surface area contributed by atoms with E-state index in [1.807, 2.05) is 0 Å². The molecule has 1 aliphatic heterocycles. The number of nitrogens with one attached hydrogen (secondary N) is 1. The number of aromatic nitrogens is 1. The van der Waals surface area contributed by atoms with E-state index in [4.69, 9.17) is 9.84 Å². The molecule has 0 saturated carbocycles. The number of nitrogens with zero attached hydrogens (tertiary/aromatic N) is 1. The molecule has 1 aliphatic rings. The summed E-state index contributed by atoms with van der Waals surface area (Å²) in [5.41, 5.74) is 0. The maximum Gasteiger partial charge on any atom is 0.214 e. The molecule has 0 aliphatic carbocycles. The normalized spacial score (nSPS) is 29.0. The summed E-state index contributed by atoms with van der Waals surface area (Å²) in [5.74, 6) is -0.149. The minimum Gasteiger partial charge on any atom is -0.394 e. The Morgan fingerprint density at radius 1 is 1.24 bits per heavy atom. The Kier molecular flexibility index (Phi) is 7.77. The summed E-state index contributed by atoms with van der Waals surface area (Å²) in [6, 6.07) is 3.50. The SMILES string of the molecule is O=C(c1cccs1)c1cnc(N[C@H]2OC(CO)[C@@H](O)[C@H](O)C2O)s1.[Ar]. The molecule has 11 heteroatoms. The smallest absolute Gasteiger partial charge is 0.214 e. The van der Waals surface area contributed by atoms with Crippen molar-refractivity contribution in [3.8, 4) is 0 Å². The van der Waals surface area contributed by atoms with Gasteiger partial charge in [0.1, 0.15) is 24.4 Å². The Morgan fingerprint density at radius 2 is 2.00 bits per heavy atom. The van der Waals surface area contributed by atoms with Crippen LogP contribution in [0.1, 0.15) is 14.5 Å². The fraction of sp³-hybridized carbons (Fsp3) is 0.429. The van der Waals surface area contributed by atoms with Gasteiger partial charge in [0.05, 0.1) is 22.6 Å². The number of ketones is 1. The van der Waals surface area contributed by atoms with Gasteiger partial charge in [-0.15, -0.1) is 11.3 Å². The average Bonchev–Trinajstić information content (AvgIpc) is 3.26. The van der Waals surface area contributed by atoms with Crippen LogP contribution >= 0.6 is 22.7 Å². The standard InChI is InChI=1S/C14H16N2O6S2.Ar/c17-5-6-9(18)11(20)12(21)13(22-6)16-14-15-4-8(24-14)10(19)7-2-1-3-23-7;/h1-4,6,9,11-13,17-18,20-21H,5H2,(H,15,16);/t6?,9-,11+,12?,13+;/m1./s1. The largest absolute Gasteiger partial charge is 0.394 e. The van der Waals surface area contributed by atoms with E-state index >= 15 is 0 Å². The van der Waals surface area contributed by atoms with Crippen molar-refractivity contribution in [2.75, 3.05) is 11.9 Å². The first kappa shape index (κ1) is 21.2. The summed E-state index contributed by atoms with van der Waals surface area (Å²) in [6.07, 6.45) is -4.97. The van der Waals surface area contributed by atoms with Crippen molar-refractivity contribution in [1.82, 2.24) is 4.98 Å². The van der Waals surface area contributed by atoms with Crippen molar-refractivity contribution in [3.63, 3.8) is 0 Å². The summed E-state index contributed by atoms with van der Waals surface area (Å²) in [7, 11) is 0. The molecule has 0 radical (unpaired) electrons. The second-order valence-electron chi connectivity index (χ2n) is 5.23. The van der Waals surface area contributed by atoms with Gasteiger partial charge >= 0.3 is 0 Å². The van der Waals surface area contributed by atoms with Crippen LogP contribution in [0.5, 0.6) is 0 Å². The number of carbonyl (C=O) groups is 1. The van der Waals surface area contributed by atoms with Crippen molar-refractivity contribution in [1.29, 1.82) is 0 Å². The summed E-state index contributed by atoms with van der Waals surface area (Å²) in [6.45, 7) is -0.511. The summed E-state index contributed by atoms with van der Waals surface area (Å²) in [5, 5.41) is 43.6. The van der Waals surface area contributed by atoms with E-state index in [0.717, 1.165) is 11.3 Å². The molecule has 0 aromatic carbocycles. The predicted octanol–water partition coefficient (Wildman–Crippen LogP) is -0.353. The van der Waals surface area contributed by atoms with Gasteiger partial charge in [-0.25, -0.2) is 4.98 Å². The fourth-order valence-electron chi connectivity index (χ4n) is 2.32. The van der Waals surface area contributed by atoms with Crippen LogP contribution in [-0.4, -0.2) is 68.4 Å². The molecule has 5 atom stereocenters. The zero-order valence-electron chi connectivity index (χ0n) is 12.6. The molecule has 138 valence electrons. The van der Waals surface area contributed by atoms with Crippen molar-refractivity contribution < 1.29 is 67.7 Å². The number of carbonyl (C=O) groups excluding carboxylic acids is 1. The van der Waals surface area contributed by atoms with E-state index in [-0.39, 0.29) is 43.5 Å². The number of thiophene rings is 1. The number of rotatable bonds is 5. The number of hydrogen-bond donors (Lipinski definition) is 5. The molecule has 5 N–H and O–H groups in total. The molecule has 1 saturated heterocycles. The van der Waals surface area contributed by atoms with E-state index in [1.165, 1.54) is 17.5 Å². The van der Waals surface area contributed by atoms with Crippen molar-refractivity contribution in [3.05, 3.63) is 33.5 Å². The molecule has 0 spiro atoms. The molecule has 0 bridgehead atoms. The second-order valence-corrected chi connectivity index (χ2v) is 7.21. The molecule has 8 nitrogen and oxygen atoms in total. The van der Waals surface area contributed by atoms with Gasteiger partial charge in [0, 0.05) is 37.7 Å². The summed E-state index contributed by atoms with van der Waals surface area (Å²) < 4.78 is 5.34. The number of ether oxygens (including phenoxy) is 1. The molecule has 1 fully saturated rings. The molecular formula is C14H16ArN2O6S2. The Bertz CT molecular complexity index is 695. The molecule has 3 rings (SSSR count). The van der Waals surface area contributed by atoms with E-state index in [0.29, 0.717) is 14.9 Å². The van der Waals surface area contributed by atoms with Crippen molar-refractivity contribution in [2.45, 2.75) is 30.6 Å². The quantitative estimate of drug-likeness (QED) is 0.421.